The molecule has 2 atom stereocenters. The molecule has 0 spiro atoms. The standard InChI is InChI=1S/C12H22N2O4S/c1-12(3-5-19(17,18)9-12)13-11(16)7-14-4-2-10(6-14)8-15/h10,15H,2-9H2,1H3,(H,13,16). The van der Waals surface area contributed by atoms with Crippen LogP contribution >= 0.6 is 0 Å². The maximum atomic E-state index is 12.0. The van der Waals surface area contributed by atoms with Crippen LogP contribution in [0.4, 0.5) is 0 Å². The van der Waals surface area contributed by atoms with Crippen molar-refractivity contribution in [3.8, 4) is 0 Å². The highest BCUT2D eigenvalue weighted by Crippen LogP contribution is 2.23. The lowest BCUT2D eigenvalue weighted by Gasteiger charge is -2.25. The summed E-state index contributed by atoms with van der Waals surface area (Å²) in [5, 5.41) is 11.9. The fourth-order valence-corrected chi connectivity index (χ4v) is 4.99. The van der Waals surface area contributed by atoms with E-state index in [2.05, 4.69) is 5.32 Å². The first-order chi connectivity index (χ1) is 8.82. The summed E-state index contributed by atoms with van der Waals surface area (Å²) in [5.41, 5.74) is -0.619. The highest BCUT2D eigenvalue weighted by molar-refractivity contribution is 7.91. The van der Waals surface area contributed by atoms with Crippen LogP contribution in [0.5, 0.6) is 0 Å². The molecule has 0 aromatic rings. The zero-order valence-electron chi connectivity index (χ0n) is 11.3. The van der Waals surface area contributed by atoms with E-state index in [9.17, 15) is 13.2 Å². The van der Waals surface area contributed by atoms with Crippen LogP contribution in [0.2, 0.25) is 0 Å². The predicted molar refractivity (Wildman–Crippen MR) is 71.5 cm³/mol. The summed E-state index contributed by atoms with van der Waals surface area (Å²) >= 11 is 0. The number of aliphatic hydroxyl groups is 1. The first kappa shape index (κ1) is 14.7. The minimum absolute atomic E-state index is 0.0327. The molecule has 2 aliphatic heterocycles. The van der Waals surface area contributed by atoms with Crippen molar-refractivity contribution in [2.24, 2.45) is 5.92 Å². The third kappa shape index (κ3) is 3.90. The largest absolute Gasteiger partial charge is 0.396 e. The zero-order valence-corrected chi connectivity index (χ0v) is 12.1. The molecule has 0 aliphatic carbocycles. The van der Waals surface area contributed by atoms with Gasteiger partial charge in [0.15, 0.2) is 9.84 Å². The van der Waals surface area contributed by atoms with Crippen LogP contribution in [0.3, 0.4) is 0 Å². The number of nitrogens with zero attached hydrogens (tertiary/aromatic N) is 1. The number of likely N-dealkylation sites (tertiary alicyclic amines) is 1. The second kappa shape index (κ2) is 5.38. The number of nitrogens with one attached hydrogen (secondary N) is 1. The number of carbonyl (C=O) groups is 1. The van der Waals surface area contributed by atoms with Gasteiger partial charge in [-0.25, -0.2) is 8.42 Å². The Labute approximate surface area is 114 Å². The normalized spacial score (nSPS) is 34.5. The molecule has 7 heteroatoms. The van der Waals surface area contributed by atoms with E-state index in [-0.39, 0.29) is 36.5 Å². The molecule has 6 nitrogen and oxygen atoms in total. The molecule has 2 N–H and O–H groups in total. The van der Waals surface area contributed by atoms with E-state index in [1.165, 1.54) is 0 Å². The van der Waals surface area contributed by atoms with Gasteiger partial charge >= 0.3 is 0 Å². The highest BCUT2D eigenvalue weighted by atomic mass is 32.2. The Balaban J connectivity index is 1.82. The van der Waals surface area contributed by atoms with Crippen molar-refractivity contribution in [1.82, 2.24) is 10.2 Å². The van der Waals surface area contributed by atoms with E-state index in [1.807, 2.05) is 4.90 Å². The number of sulfone groups is 1. The molecule has 0 aromatic heterocycles. The van der Waals surface area contributed by atoms with E-state index in [1.54, 1.807) is 6.92 Å². The van der Waals surface area contributed by atoms with Crippen LogP contribution in [0, 0.1) is 5.92 Å². The van der Waals surface area contributed by atoms with Crippen LogP contribution in [0.25, 0.3) is 0 Å². The van der Waals surface area contributed by atoms with Gasteiger partial charge in [0.25, 0.3) is 0 Å². The molecule has 2 aliphatic rings. The second-order valence-electron chi connectivity index (χ2n) is 6.02. The quantitative estimate of drug-likeness (QED) is 0.693. The molecular formula is C12H22N2O4S. The summed E-state index contributed by atoms with van der Waals surface area (Å²) in [6.07, 6.45) is 1.40. The van der Waals surface area contributed by atoms with Crippen molar-refractivity contribution < 1.29 is 18.3 Å². The molecule has 0 saturated carbocycles. The van der Waals surface area contributed by atoms with E-state index in [0.29, 0.717) is 6.42 Å². The fraction of sp³-hybridized carbons (Fsp3) is 0.917. The maximum absolute atomic E-state index is 12.0. The zero-order chi connectivity index (χ0) is 14.1. The molecule has 0 aromatic carbocycles. The Kier molecular flexibility index (Phi) is 4.17. The Bertz CT molecular complexity index is 451. The Morgan fingerprint density at radius 2 is 2.26 bits per heavy atom. The molecule has 1 amide bonds. The monoisotopic (exact) mass is 290 g/mol. The summed E-state index contributed by atoms with van der Waals surface area (Å²) in [6, 6.07) is 0. The Morgan fingerprint density at radius 1 is 1.53 bits per heavy atom. The number of aliphatic hydroxyl groups excluding tert-OH is 1. The minimum Gasteiger partial charge on any atom is -0.396 e. The number of amides is 1. The fourth-order valence-electron chi connectivity index (χ4n) is 2.89. The van der Waals surface area contributed by atoms with Gasteiger partial charge < -0.3 is 10.4 Å². The van der Waals surface area contributed by atoms with Gasteiger partial charge in [-0.15, -0.1) is 0 Å². The lowest BCUT2D eigenvalue weighted by Crippen LogP contribution is -2.50. The minimum atomic E-state index is -3.00. The maximum Gasteiger partial charge on any atom is 0.234 e. The molecule has 0 bridgehead atoms. The molecule has 2 rings (SSSR count). The first-order valence-corrected chi connectivity index (χ1v) is 8.49. The second-order valence-corrected chi connectivity index (χ2v) is 8.21. The van der Waals surface area contributed by atoms with Crippen LogP contribution in [0.1, 0.15) is 19.8 Å². The average Bonchev–Trinajstić information content (AvgIpc) is 2.83. The van der Waals surface area contributed by atoms with Crippen molar-refractivity contribution in [2.75, 3.05) is 37.7 Å². The molecule has 110 valence electrons. The third-order valence-corrected chi connectivity index (χ3v) is 5.84. The smallest absolute Gasteiger partial charge is 0.234 e. The summed E-state index contributed by atoms with van der Waals surface area (Å²) in [5.74, 6) is 0.318. The molecular weight excluding hydrogens is 268 g/mol. The van der Waals surface area contributed by atoms with Crippen LogP contribution < -0.4 is 5.32 Å². The molecule has 2 unspecified atom stereocenters. The van der Waals surface area contributed by atoms with Gasteiger partial charge in [-0.1, -0.05) is 0 Å². The van der Waals surface area contributed by atoms with Crippen molar-refractivity contribution in [3.05, 3.63) is 0 Å². The number of hydrogen-bond acceptors (Lipinski definition) is 5. The Hall–Kier alpha value is -0.660. The van der Waals surface area contributed by atoms with Crippen LogP contribution in [-0.2, 0) is 14.6 Å². The summed E-state index contributed by atoms with van der Waals surface area (Å²) in [6.45, 7) is 3.78. The van der Waals surface area contributed by atoms with Gasteiger partial charge in [0.05, 0.1) is 23.6 Å². The topological polar surface area (TPSA) is 86.7 Å². The number of rotatable bonds is 4. The molecule has 2 heterocycles. The summed E-state index contributed by atoms with van der Waals surface area (Å²) in [7, 11) is -3.00. The van der Waals surface area contributed by atoms with Gasteiger partial charge in [0.2, 0.25) is 5.91 Å². The van der Waals surface area contributed by atoms with Crippen molar-refractivity contribution in [2.45, 2.75) is 25.3 Å². The van der Waals surface area contributed by atoms with Crippen molar-refractivity contribution in [3.63, 3.8) is 0 Å². The number of carbonyl (C=O) groups excluding carboxylic acids is 1. The number of hydrogen-bond donors (Lipinski definition) is 2. The van der Waals surface area contributed by atoms with E-state index >= 15 is 0 Å². The van der Waals surface area contributed by atoms with E-state index < -0.39 is 15.4 Å². The molecule has 0 radical (unpaired) electrons. The molecule has 19 heavy (non-hydrogen) atoms. The van der Waals surface area contributed by atoms with Crippen molar-refractivity contribution in [1.29, 1.82) is 0 Å². The Morgan fingerprint density at radius 3 is 2.79 bits per heavy atom. The first-order valence-electron chi connectivity index (χ1n) is 6.67. The summed E-state index contributed by atoms with van der Waals surface area (Å²) in [4.78, 5) is 14.0. The average molecular weight is 290 g/mol. The van der Waals surface area contributed by atoms with E-state index in [4.69, 9.17) is 5.11 Å². The van der Waals surface area contributed by atoms with E-state index in [0.717, 1.165) is 19.5 Å². The van der Waals surface area contributed by atoms with Gasteiger partial charge in [0, 0.05) is 13.2 Å². The SMILES string of the molecule is CC1(NC(=O)CN2CCC(CO)C2)CCS(=O)(=O)C1. The molecule has 2 fully saturated rings. The summed E-state index contributed by atoms with van der Waals surface area (Å²) < 4.78 is 22.9. The van der Waals surface area contributed by atoms with Gasteiger partial charge in [-0.3, -0.25) is 9.69 Å². The third-order valence-electron chi connectivity index (χ3n) is 3.94. The lowest BCUT2D eigenvalue weighted by molar-refractivity contribution is -0.123. The van der Waals surface area contributed by atoms with Crippen LogP contribution in [-0.4, -0.2) is 67.6 Å². The molecule has 2 saturated heterocycles. The predicted octanol–water partition coefficient (Wildman–Crippen LogP) is -1.01. The highest BCUT2D eigenvalue weighted by Gasteiger charge is 2.39. The van der Waals surface area contributed by atoms with Gasteiger partial charge in [-0.2, -0.15) is 0 Å². The van der Waals surface area contributed by atoms with Crippen molar-refractivity contribution >= 4 is 15.7 Å². The van der Waals surface area contributed by atoms with Gasteiger partial charge in [0.1, 0.15) is 0 Å². The van der Waals surface area contributed by atoms with Crippen LogP contribution in [0.15, 0.2) is 0 Å². The lowest BCUT2D eigenvalue weighted by atomic mass is 10.0. The van der Waals surface area contributed by atoms with Gasteiger partial charge in [-0.05, 0) is 32.2 Å².